The van der Waals surface area contributed by atoms with Gasteiger partial charge in [0.2, 0.25) is 5.91 Å². The number of carbonyl (C=O) groups excluding carboxylic acids is 1. The number of carbonyl (C=O) groups is 1. The van der Waals surface area contributed by atoms with Crippen LogP contribution in [0.25, 0.3) is 0 Å². The topological polar surface area (TPSA) is 53.0 Å². The van der Waals surface area contributed by atoms with Crippen LogP contribution < -0.4 is 4.74 Å². The minimum absolute atomic E-state index is 0.139. The molecule has 0 radical (unpaired) electrons. The van der Waals surface area contributed by atoms with Gasteiger partial charge in [0.25, 0.3) is 0 Å². The van der Waals surface area contributed by atoms with E-state index in [-0.39, 0.29) is 18.4 Å². The van der Waals surface area contributed by atoms with E-state index >= 15 is 0 Å². The first-order chi connectivity index (χ1) is 12.2. The van der Waals surface area contributed by atoms with Crippen LogP contribution in [0.2, 0.25) is 0 Å². The molecule has 5 nitrogen and oxygen atoms in total. The summed E-state index contributed by atoms with van der Waals surface area (Å²) in [7, 11) is 0. The summed E-state index contributed by atoms with van der Waals surface area (Å²) >= 11 is 0. The van der Waals surface area contributed by atoms with Gasteiger partial charge >= 0.3 is 0 Å². The lowest BCUT2D eigenvalue weighted by Gasteiger charge is -2.38. The van der Waals surface area contributed by atoms with Gasteiger partial charge in [-0.15, -0.1) is 0 Å². The molecule has 0 spiro atoms. The summed E-state index contributed by atoms with van der Waals surface area (Å²) in [5, 5.41) is 9.62. The Morgan fingerprint density at radius 3 is 2.56 bits per heavy atom. The SMILES string of the molecule is O=C(CCOc1ccccc1)N1C[C@H](CO)C[C@H](CN2CCCC2)C1. The average molecular weight is 346 g/mol. The normalized spacial score (nSPS) is 24.4. The van der Waals surface area contributed by atoms with Gasteiger partial charge in [-0.2, -0.15) is 0 Å². The number of para-hydroxylation sites is 1. The van der Waals surface area contributed by atoms with Crippen LogP contribution in [0.5, 0.6) is 5.75 Å². The summed E-state index contributed by atoms with van der Waals surface area (Å²) in [6.45, 7) is 5.48. The van der Waals surface area contributed by atoms with Crippen molar-refractivity contribution in [2.75, 3.05) is 45.9 Å². The number of aliphatic hydroxyl groups excluding tert-OH is 1. The van der Waals surface area contributed by atoms with Crippen molar-refractivity contribution in [3.8, 4) is 5.75 Å². The van der Waals surface area contributed by atoms with Gasteiger partial charge in [0.05, 0.1) is 13.0 Å². The van der Waals surface area contributed by atoms with Gasteiger partial charge < -0.3 is 19.6 Å². The Balaban J connectivity index is 1.47. The zero-order valence-corrected chi connectivity index (χ0v) is 15.0. The van der Waals surface area contributed by atoms with Crippen molar-refractivity contribution in [2.24, 2.45) is 11.8 Å². The molecule has 5 heteroatoms. The zero-order valence-electron chi connectivity index (χ0n) is 15.0. The molecule has 2 heterocycles. The summed E-state index contributed by atoms with van der Waals surface area (Å²) in [4.78, 5) is 17.0. The number of rotatable bonds is 7. The molecule has 0 unspecified atom stereocenters. The van der Waals surface area contributed by atoms with Gasteiger partial charge in [-0.1, -0.05) is 18.2 Å². The Bertz CT molecular complexity index is 531. The van der Waals surface area contributed by atoms with Crippen LogP contribution in [0.3, 0.4) is 0 Å². The third kappa shape index (κ3) is 5.44. The van der Waals surface area contributed by atoms with Crippen LogP contribution in [0.4, 0.5) is 0 Å². The Hall–Kier alpha value is -1.59. The van der Waals surface area contributed by atoms with Crippen LogP contribution >= 0.6 is 0 Å². The molecule has 2 aliphatic rings. The lowest BCUT2D eigenvalue weighted by Crippen LogP contribution is -2.48. The molecule has 1 amide bonds. The van der Waals surface area contributed by atoms with Crippen molar-refractivity contribution >= 4 is 5.91 Å². The number of nitrogens with zero attached hydrogens (tertiary/aromatic N) is 2. The van der Waals surface area contributed by atoms with Crippen molar-refractivity contribution in [1.29, 1.82) is 0 Å². The van der Waals surface area contributed by atoms with E-state index in [0.717, 1.165) is 25.3 Å². The highest BCUT2D eigenvalue weighted by Gasteiger charge is 2.31. The van der Waals surface area contributed by atoms with Crippen LogP contribution in [-0.2, 0) is 4.79 Å². The summed E-state index contributed by atoms with van der Waals surface area (Å²) in [5.41, 5.74) is 0. The third-order valence-corrected chi connectivity index (χ3v) is 5.28. The predicted molar refractivity (Wildman–Crippen MR) is 97.5 cm³/mol. The molecule has 138 valence electrons. The highest BCUT2D eigenvalue weighted by molar-refractivity contribution is 5.76. The summed E-state index contributed by atoms with van der Waals surface area (Å²) in [5.74, 6) is 1.62. The monoisotopic (exact) mass is 346 g/mol. The molecule has 2 fully saturated rings. The maximum absolute atomic E-state index is 12.6. The molecule has 2 aliphatic heterocycles. The van der Waals surface area contributed by atoms with Crippen molar-refractivity contribution < 1.29 is 14.6 Å². The van der Waals surface area contributed by atoms with E-state index in [1.54, 1.807) is 0 Å². The number of likely N-dealkylation sites (tertiary alicyclic amines) is 2. The fourth-order valence-corrected chi connectivity index (χ4v) is 4.05. The number of ether oxygens (including phenoxy) is 1. The summed E-state index contributed by atoms with van der Waals surface area (Å²) < 4.78 is 5.65. The molecule has 0 aromatic heterocycles. The second-order valence-electron chi connectivity index (χ2n) is 7.37. The van der Waals surface area contributed by atoms with Crippen LogP contribution in [0, 0.1) is 11.8 Å². The lowest BCUT2D eigenvalue weighted by molar-refractivity contribution is -0.135. The molecule has 1 aromatic rings. The summed E-state index contributed by atoms with van der Waals surface area (Å²) in [6.07, 6.45) is 3.99. The molecule has 25 heavy (non-hydrogen) atoms. The number of hydrogen-bond donors (Lipinski definition) is 1. The highest BCUT2D eigenvalue weighted by atomic mass is 16.5. The summed E-state index contributed by atoms with van der Waals surface area (Å²) in [6, 6.07) is 9.60. The van der Waals surface area contributed by atoms with Crippen molar-refractivity contribution in [2.45, 2.75) is 25.7 Å². The van der Waals surface area contributed by atoms with Crippen molar-refractivity contribution in [3.05, 3.63) is 30.3 Å². The quantitative estimate of drug-likeness (QED) is 0.821. The first kappa shape index (κ1) is 18.2. The number of amides is 1. The van der Waals surface area contributed by atoms with E-state index in [9.17, 15) is 9.90 Å². The molecular formula is C20H30N2O3. The smallest absolute Gasteiger partial charge is 0.226 e. The second kappa shape index (κ2) is 9.20. The van der Waals surface area contributed by atoms with Crippen molar-refractivity contribution in [1.82, 2.24) is 9.80 Å². The molecule has 0 saturated carbocycles. The van der Waals surface area contributed by atoms with E-state index in [2.05, 4.69) is 4.90 Å². The van der Waals surface area contributed by atoms with Gasteiger partial charge in [0, 0.05) is 26.2 Å². The standard InChI is InChI=1S/C20H30N2O3/c23-16-18-12-17(13-21-9-4-5-10-21)14-22(15-18)20(24)8-11-25-19-6-2-1-3-7-19/h1-3,6-7,17-18,23H,4-5,8-16H2/t17-,18-/m1/s1. The Kier molecular flexibility index (Phi) is 6.70. The molecule has 1 aromatic carbocycles. The van der Waals surface area contributed by atoms with Gasteiger partial charge in [0.1, 0.15) is 5.75 Å². The maximum atomic E-state index is 12.6. The van der Waals surface area contributed by atoms with Crippen molar-refractivity contribution in [3.63, 3.8) is 0 Å². The third-order valence-electron chi connectivity index (χ3n) is 5.28. The molecule has 1 N–H and O–H groups in total. The first-order valence-electron chi connectivity index (χ1n) is 9.53. The molecular weight excluding hydrogens is 316 g/mol. The molecule has 0 aliphatic carbocycles. The average Bonchev–Trinajstić information content (AvgIpc) is 3.15. The van der Waals surface area contributed by atoms with E-state index in [4.69, 9.17) is 4.74 Å². The fraction of sp³-hybridized carbons (Fsp3) is 0.650. The first-order valence-corrected chi connectivity index (χ1v) is 9.53. The van der Waals surface area contributed by atoms with E-state index < -0.39 is 0 Å². The lowest BCUT2D eigenvalue weighted by atomic mass is 9.89. The number of aliphatic hydroxyl groups is 1. The zero-order chi connectivity index (χ0) is 17.5. The van der Waals surface area contributed by atoms with Gasteiger partial charge in [0.15, 0.2) is 0 Å². The van der Waals surface area contributed by atoms with E-state index in [1.165, 1.54) is 25.9 Å². The van der Waals surface area contributed by atoms with Crippen LogP contribution in [-0.4, -0.2) is 66.8 Å². The van der Waals surface area contributed by atoms with Gasteiger partial charge in [-0.3, -0.25) is 4.79 Å². The molecule has 2 saturated heterocycles. The number of benzene rings is 1. The van der Waals surface area contributed by atoms with E-state index in [1.807, 2.05) is 35.2 Å². The van der Waals surface area contributed by atoms with Crippen LogP contribution in [0.15, 0.2) is 30.3 Å². The van der Waals surface area contributed by atoms with Crippen LogP contribution in [0.1, 0.15) is 25.7 Å². The molecule has 0 bridgehead atoms. The van der Waals surface area contributed by atoms with Gasteiger partial charge in [-0.05, 0) is 56.3 Å². The largest absolute Gasteiger partial charge is 0.493 e. The number of piperidine rings is 1. The highest BCUT2D eigenvalue weighted by Crippen LogP contribution is 2.24. The number of hydrogen-bond acceptors (Lipinski definition) is 4. The predicted octanol–water partition coefficient (Wildman–Crippen LogP) is 2.01. The Morgan fingerprint density at radius 2 is 1.84 bits per heavy atom. The maximum Gasteiger partial charge on any atom is 0.226 e. The van der Waals surface area contributed by atoms with E-state index in [0.29, 0.717) is 25.5 Å². The van der Waals surface area contributed by atoms with Gasteiger partial charge in [-0.25, -0.2) is 0 Å². The molecule has 3 rings (SSSR count). The fourth-order valence-electron chi connectivity index (χ4n) is 4.05. The minimum atomic E-state index is 0.139. The Labute approximate surface area is 150 Å². The minimum Gasteiger partial charge on any atom is -0.493 e. The Morgan fingerprint density at radius 1 is 1.12 bits per heavy atom. The second-order valence-corrected chi connectivity index (χ2v) is 7.37. The molecule has 2 atom stereocenters.